The van der Waals surface area contributed by atoms with Crippen molar-refractivity contribution in [2.24, 2.45) is 5.92 Å². The fraction of sp³-hybridized carbons (Fsp3) is 0.154. The van der Waals surface area contributed by atoms with Crippen LogP contribution in [0.3, 0.4) is 0 Å². The molecule has 1 amide bonds. The summed E-state index contributed by atoms with van der Waals surface area (Å²) in [4.78, 5) is 18.0. The number of aromatic nitrogens is 1. The maximum absolute atomic E-state index is 13.6. The van der Waals surface area contributed by atoms with Crippen molar-refractivity contribution in [3.8, 4) is 0 Å². The zero-order valence-electron chi connectivity index (χ0n) is 16.6. The maximum atomic E-state index is 13.6. The van der Waals surface area contributed by atoms with E-state index in [9.17, 15) is 4.79 Å². The van der Waals surface area contributed by atoms with Crippen molar-refractivity contribution >= 4 is 45.7 Å². The van der Waals surface area contributed by atoms with Gasteiger partial charge < -0.3 is 5.32 Å². The summed E-state index contributed by atoms with van der Waals surface area (Å²) in [6.07, 6.45) is 2.61. The molecule has 5 rings (SSSR count). The number of fused-ring (bicyclic) bond motifs is 1. The Hall–Kier alpha value is -2.88. The Morgan fingerprint density at radius 1 is 0.839 bits per heavy atom. The molecule has 4 aromatic rings. The number of rotatable bonds is 4. The molecule has 1 N–H and O–H groups in total. The molecular formula is C26H20Cl2N2O. The van der Waals surface area contributed by atoms with Gasteiger partial charge in [-0.25, -0.2) is 0 Å². The lowest BCUT2D eigenvalue weighted by molar-refractivity contribution is -0.124. The van der Waals surface area contributed by atoms with Crippen LogP contribution in [-0.2, 0) is 4.79 Å². The number of benzene rings is 3. The molecule has 3 atom stereocenters. The van der Waals surface area contributed by atoms with Gasteiger partial charge in [-0.2, -0.15) is 0 Å². The van der Waals surface area contributed by atoms with Crippen LogP contribution in [-0.4, -0.2) is 10.9 Å². The Labute approximate surface area is 191 Å². The first-order chi connectivity index (χ1) is 15.1. The van der Waals surface area contributed by atoms with Gasteiger partial charge in [0, 0.05) is 21.6 Å². The van der Waals surface area contributed by atoms with Gasteiger partial charge in [0.15, 0.2) is 0 Å². The molecule has 1 saturated carbocycles. The lowest BCUT2D eigenvalue weighted by Gasteiger charge is -2.44. The van der Waals surface area contributed by atoms with E-state index in [1.807, 2.05) is 78.9 Å². The third-order valence-corrected chi connectivity index (χ3v) is 6.59. The van der Waals surface area contributed by atoms with Crippen molar-refractivity contribution < 1.29 is 4.79 Å². The summed E-state index contributed by atoms with van der Waals surface area (Å²) in [6, 6.07) is 25.3. The number of hydrogen-bond donors (Lipinski definition) is 1. The predicted octanol–water partition coefficient (Wildman–Crippen LogP) is 7.07. The topological polar surface area (TPSA) is 42.0 Å². The van der Waals surface area contributed by atoms with Crippen molar-refractivity contribution in [1.82, 2.24) is 4.98 Å². The van der Waals surface area contributed by atoms with Crippen molar-refractivity contribution in [3.63, 3.8) is 0 Å². The first-order valence-corrected chi connectivity index (χ1v) is 11.0. The minimum atomic E-state index is -0.226. The summed E-state index contributed by atoms with van der Waals surface area (Å²) in [5.41, 5.74) is 3.69. The fourth-order valence-corrected chi connectivity index (χ4v) is 5.00. The number of amides is 1. The van der Waals surface area contributed by atoms with E-state index in [2.05, 4.69) is 10.3 Å². The van der Waals surface area contributed by atoms with Gasteiger partial charge in [-0.3, -0.25) is 9.78 Å². The molecule has 3 nitrogen and oxygen atoms in total. The van der Waals surface area contributed by atoms with E-state index in [0.29, 0.717) is 10.0 Å². The van der Waals surface area contributed by atoms with Crippen molar-refractivity contribution in [1.29, 1.82) is 0 Å². The number of halogens is 2. The van der Waals surface area contributed by atoms with Crippen LogP contribution in [0.1, 0.15) is 29.4 Å². The summed E-state index contributed by atoms with van der Waals surface area (Å²) >= 11 is 12.5. The Balaban J connectivity index is 1.49. The molecule has 1 heterocycles. The number of nitrogens with one attached hydrogen (secondary N) is 1. The molecule has 0 spiro atoms. The quantitative estimate of drug-likeness (QED) is 0.364. The Morgan fingerprint density at radius 2 is 1.45 bits per heavy atom. The number of nitrogens with zero attached hydrogens (tertiary/aromatic N) is 1. The molecule has 1 aliphatic carbocycles. The number of carbonyl (C=O) groups excluding carboxylic acids is 1. The Morgan fingerprint density at radius 3 is 2.10 bits per heavy atom. The molecule has 0 radical (unpaired) electrons. The molecule has 1 aromatic heterocycles. The number of pyridine rings is 1. The second-order valence-electron chi connectivity index (χ2n) is 7.95. The number of hydrogen-bond acceptors (Lipinski definition) is 2. The van der Waals surface area contributed by atoms with E-state index in [1.165, 1.54) is 0 Å². The highest BCUT2D eigenvalue weighted by atomic mass is 35.5. The van der Waals surface area contributed by atoms with Gasteiger partial charge in [0.2, 0.25) is 5.91 Å². The summed E-state index contributed by atoms with van der Waals surface area (Å²) in [5, 5.41) is 5.50. The lowest BCUT2D eigenvalue weighted by Crippen LogP contribution is -2.42. The van der Waals surface area contributed by atoms with Crippen LogP contribution < -0.4 is 5.32 Å². The van der Waals surface area contributed by atoms with E-state index in [-0.39, 0.29) is 23.7 Å². The minimum absolute atomic E-state index is 0.0145. The highest BCUT2D eigenvalue weighted by Gasteiger charge is 2.47. The second-order valence-corrected chi connectivity index (χ2v) is 8.83. The summed E-state index contributed by atoms with van der Waals surface area (Å²) < 4.78 is 0. The minimum Gasteiger partial charge on any atom is -0.324 e. The molecular weight excluding hydrogens is 427 g/mol. The molecule has 5 heteroatoms. The van der Waals surface area contributed by atoms with Gasteiger partial charge in [0.05, 0.1) is 17.1 Å². The summed E-state index contributed by atoms with van der Waals surface area (Å²) in [5.74, 6) is -0.0634. The molecule has 0 saturated heterocycles. The SMILES string of the molecule is O=C(Nc1cccc2cccnc12)C1[C@@H](c2cccc(Cl)c2)C[C@H]1c1cccc(Cl)c1. The third kappa shape index (κ3) is 3.91. The first-order valence-electron chi connectivity index (χ1n) is 10.3. The predicted molar refractivity (Wildman–Crippen MR) is 127 cm³/mol. The number of para-hydroxylation sites is 1. The molecule has 1 unspecified atom stereocenters. The van der Waals surface area contributed by atoms with Crippen LogP contribution in [0.15, 0.2) is 85.1 Å². The molecule has 0 bridgehead atoms. The summed E-state index contributed by atoms with van der Waals surface area (Å²) in [7, 11) is 0. The molecule has 1 aliphatic rings. The van der Waals surface area contributed by atoms with E-state index >= 15 is 0 Å². The Bertz CT molecular complexity index is 1220. The monoisotopic (exact) mass is 446 g/mol. The summed E-state index contributed by atoms with van der Waals surface area (Å²) in [6.45, 7) is 0. The standard InChI is InChI=1S/C26H20Cl2N2O/c27-19-9-1-6-17(13-19)21-15-22(18-7-2-10-20(28)14-18)24(21)26(31)30-23-11-3-5-16-8-4-12-29-25(16)23/h1-14,21-22,24H,15H2,(H,30,31)/t21-,22+,24?. The zero-order valence-corrected chi connectivity index (χ0v) is 18.1. The van der Waals surface area contributed by atoms with E-state index in [4.69, 9.17) is 23.2 Å². The van der Waals surface area contributed by atoms with Crippen LogP contribution in [0.2, 0.25) is 10.0 Å². The smallest absolute Gasteiger partial charge is 0.228 e. The number of carbonyl (C=O) groups is 1. The molecule has 31 heavy (non-hydrogen) atoms. The Kier molecular flexibility index (Phi) is 5.39. The van der Waals surface area contributed by atoms with Crippen molar-refractivity contribution in [2.45, 2.75) is 18.3 Å². The van der Waals surface area contributed by atoms with Gasteiger partial charge >= 0.3 is 0 Å². The molecule has 154 valence electrons. The fourth-order valence-electron chi connectivity index (χ4n) is 4.60. The van der Waals surface area contributed by atoms with E-state index in [0.717, 1.165) is 34.1 Å². The van der Waals surface area contributed by atoms with Gasteiger partial charge in [-0.1, -0.05) is 65.7 Å². The van der Waals surface area contributed by atoms with Crippen molar-refractivity contribution in [3.05, 3.63) is 106 Å². The average Bonchev–Trinajstić information content (AvgIpc) is 2.73. The largest absolute Gasteiger partial charge is 0.324 e. The van der Waals surface area contributed by atoms with Crippen LogP contribution in [0, 0.1) is 5.92 Å². The highest BCUT2D eigenvalue weighted by molar-refractivity contribution is 6.31. The highest BCUT2D eigenvalue weighted by Crippen LogP contribution is 2.53. The van der Waals surface area contributed by atoms with Crippen molar-refractivity contribution in [2.75, 3.05) is 5.32 Å². The zero-order chi connectivity index (χ0) is 21.4. The van der Waals surface area contributed by atoms with Gasteiger partial charge in [0.25, 0.3) is 0 Å². The van der Waals surface area contributed by atoms with E-state index in [1.54, 1.807) is 6.20 Å². The molecule has 3 aromatic carbocycles. The van der Waals surface area contributed by atoms with E-state index < -0.39 is 0 Å². The van der Waals surface area contributed by atoms with Gasteiger partial charge in [0.1, 0.15) is 0 Å². The molecule has 1 fully saturated rings. The van der Waals surface area contributed by atoms with Crippen LogP contribution >= 0.6 is 23.2 Å². The second kappa shape index (κ2) is 8.33. The maximum Gasteiger partial charge on any atom is 0.228 e. The van der Waals surface area contributed by atoms with Crippen LogP contribution in [0.4, 0.5) is 5.69 Å². The lowest BCUT2D eigenvalue weighted by atomic mass is 9.59. The average molecular weight is 447 g/mol. The first kappa shape index (κ1) is 20.0. The van der Waals surface area contributed by atoms with Gasteiger partial charge in [-0.05, 0) is 65.8 Å². The number of anilines is 1. The molecule has 0 aliphatic heterocycles. The van der Waals surface area contributed by atoms with Gasteiger partial charge in [-0.15, -0.1) is 0 Å². The van der Waals surface area contributed by atoms with Crippen LogP contribution in [0.5, 0.6) is 0 Å². The third-order valence-electron chi connectivity index (χ3n) is 6.12. The van der Waals surface area contributed by atoms with Crippen LogP contribution in [0.25, 0.3) is 10.9 Å². The normalized spacial score (nSPS) is 20.3.